The van der Waals surface area contributed by atoms with Gasteiger partial charge in [0.2, 0.25) is 5.91 Å². The Morgan fingerprint density at radius 2 is 2.47 bits per heavy atom. The Kier molecular flexibility index (Phi) is 4.73. The maximum atomic E-state index is 11.7. The lowest BCUT2D eigenvalue weighted by Crippen LogP contribution is -2.52. The van der Waals surface area contributed by atoms with Gasteiger partial charge in [0.1, 0.15) is 11.0 Å². The van der Waals surface area contributed by atoms with Crippen LogP contribution in [-0.2, 0) is 17.8 Å². The van der Waals surface area contributed by atoms with Crippen molar-refractivity contribution in [2.24, 2.45) is 0 Å². The third-order valence-electron chi connectivity index (χ3n) is 2.94. The standard InChI is InChI=1S/C12H18N4O2S/c1-2-8-6-14-10(19-8)7-15-12(18)16-9-4-3-5-13-11(9)17/h6,9H,2-5,7H2,1H3,(H,13,17)(H2,15,16,18). The van der Waals surface area contributed by atoms with Crippen LogP contribution in [0.15, 0.2) is 6.20 Å². The van der Waals surface area contributed by atoms with Crippen LogP contribution in [0.3, 0.4) is 0 Å². The van der Waals surface area contributed by atoms with Gasteiger partial charge in [-0.2, -0.15) is 0 Å². The van der Waals surface area contributed by atoms with Gasteiger partial charge in [-0.05, 0) is 19.3 Å². The highest BCUT2D eigenvalue weighted by Gasteiger charge is 2.23. The van der Waals surface area contributed by atoms with Crippen LogP contribution in [0.5, 0.6) is 0 Å². The number of nitrogens with zero attached hydrogens (tertiary/aromatic N) is 1. The first-order valence-electron chi connectivity index (χ1n) is 6.44. The zero-order valence-electron chi connectivity index (χ0n) is 10.9. The van der Waals surface area contributed by atoms with Crippen LogP contribution in [-0.4, -0.2) is 29.5 Å². The summed E-state index contributed by atoms with van der Waals surface area (Å²) in [6.45, 7) is 3.15. The molecule has 0 aromatic carbocycles. The fourth-order valence-corrected chi connectivity index (χ4v) is 2.67. The fourth-order valence-electron chi connectivity index (χ4n) is 1.87. The lowest BCUT2D eigenvalue weighted by Gasteiger charge is -2.22. The molecular weight excluding hydrogens is 264 g/mol. The van der Waals surface area contributed by atoms with E-state index < -0.39 is 6.04 Å². The van der Waals surface area contributed by atoms with E-state index >= 15 is 0 Å². The molecule has 1 saturated heterocycles. The minimum absolute atomic E-state index is 0.107. The fraction of sp³-hybridized carbons (Fsp3) is 0.583. The van der Waals surface area contributed by atoms with Gasteiger partial charge >= 0.3 is 6.03 Å². The predicted octanol–water partition coefficient (Wildman–Crippen LogP) is 0.783. The number of hydrogen-bond acceptors (Lipinski definition) is 4. The summed E-state index contributed by atoms with van der Waals surface area (Å²) >= 11 is 1.59. The molecule has 0 spiro atoms. The molecule has 1 aromatic rings. The van der Waals surface area contributed by atoms with E-state index in [-0.39, 0.29) is 11.9 Å². The Labute approximate surface area is 116 Å². The minimum Gasteiger partial charge on any atom is -0.354 e. The molecule has 1 fully saturated rings. The van der Waals surface area contributed by atoms with E-state index in [2.05, 4.69) is 27.9 Å². The number of piperidine rings is 1. The molecule has 7 heteroatoms. The highest BCUT2D eigenvalue weighted by Crippen LogP contribution is 2.12. The first kappa shape index (κ1) is 13.8. The molecule has 1 unspecified atom stereocenters. The van der Waals surface area contributed by atoms with Gasteiger partial charge in [-0.3, -0.25) is 4.79 Å². The zero-order chi connectivity index (χ0) is 13.7. The number of hydrogen-bond donors (Lipinski definition) is 3. The molecule has 3 amide bonds. The van der Waals surface area contributed by atoms with Crippen LogP contribution >= 0.6 is 11.3 Å². The summed E-state index contributed by atoms with van der Waals surface area (Å²) < 4.78 is 0. The van der Waals surface area contributed by atoms with Gasteiger partial charge in [0, 0.05) is 17.6 Å². The van der Waals surface area contributed by atoms with Crippen LogP contribution in [0.2, 0.25) is 0 Å². The number of thiazole rings is 1. The van der Waals surface area contributed by atoms with E-state index in [1.54, 1.807) is 11.3 Å². The molecule has 2 rings (SSSR count). The quantitative estimate of drug-likeness (QED) is 0.763. The summed E-state index contributed by atoms with van der Waals surface area (Å²) in [5.41, 5.74) is 0. The molecule has 0 aliphatic carbocycles. The first-order valence-corrected chi connectivity index (χ1v) is 7.26. The molecule has 1 aromatic heterocycles. The van der Waals surface area contributed by atoms with Crippen molar-refractivity contribution in [2.75, 3.05) is 6.54 Å². The van der Waals surface area contributed by atoms with E-state index in [4.69, 9.17) is 0 Å². The number of amides is 3. The predicted molar refractivity (Wildman–Crippen MR) is 72.9 cm³/mol. The summed E-state index contributed by atoms with van der Waals surface area (Å²) in [7, 11) is 0. The molecule has 19 heavy (non-hydrogen) atoms. The SMILES string of the molecule is CCc1cnc(CNC(=O)NC2CCCNC2=O)s1. The summed E-state index contributed by atoms with van der Waals surface area (Å²) in [5, 5.41) is 9.00. The largest absolute Gasteiger partial charge is 0.354 e. The third-order valence-corrected chi connectivity index (χ3v) is 4.08. The Morgan fingerprint density at radius 3 is 3.16 bits per heavy atom. The van der Waals surface area contributed by atoms with Crippen LogP contribution in [0.25, 0.3) is 0 Å². The van der Waals surface area contributed by atoms with Gasteiger partial charge in [-0.25, -0.2) is 9.78 Å². The Bertz CT molecular complexity index is 460. The van der Waals surface area contributed by atoms with E-state index in [0.29, 0.717) is 19.5 Å². The molecule has 6 nitrogen and oxygen atoms in total. The lowest BCUT2D eigenvalue weighted by molar-refractivity contribution is -0.124. The van der Waals surface area contributed by atoms with E-state index in [9.17, 15) is 9.59 Å². The van der Waals surface area contributed by atoms with Crippen molar-refractivity contribution in [1.29, 1.82) is 0 Å². The average molecular weight is 282 g/mol. The molecule has 2 heterocycles. The molecule has 1 aliphatic heterocycles. The maximum Gasteiger partial charge on any atom is 0.315 e. The second-order valence-corrected chi connectivity index (χ2v) is 5.59. The maximum absolute atomic E-state index is 11.7. The smallest absolute Gasteiger partial charge is 0.315 e. The Morgan fingerprint density at radius 1 is 1.63 bits per heavy atom. The van der Waals surface area contributed by atoms with E-state index in [0.717, 1.165) is 17.8 Å². The lowest BCUT2D eigenvalue weighted by atomic mass is 10.1. The monoisotopic (exact) mass is 282 g/mol. The molecule has 1 aliphatic rings. The number of carbonyl (C=O) groups excluding carboxylic acids is 2. The van der Waals surface area contributed by atoms with Gasteiger partial charge in [0.05, 0.1) is 6.54 Å². The molecule has 0 saturated carbocycles. The van der Waals surface area contributed by atoms with Crippen molar-refractivity contribution in [1.82, 2.24) is 20.9 Å². The van der Waals surface area contributed by atoms with Crippen molar-refractivity contribution >= 4 is 23.3 Å². The van der Waals surface area contributed by atoms with Gasteiger partial charge in [-0.15, -0.1) is 11.3 Å². The number of aromatic nitrogens is 1. The van der Waals surface area contributed by atoms with Crippen LogP contribution in [0.1, 0.15) is 29.7 Å². The van der Waals surface area contributed by atoms with E-state index in [1.165, 1.54) is 4.88 Å². The minimum atomic E-state index is -0.420. The molecule has 1 atom stereocenters. The van der Waals surface area contributed by atoms with Gasteiger partial charge in [0.15, 0.2) is 0 Å². The van der Waals surface area contributed by atoms with Crippen molar-refractivity contribution in [3.05, 3.63) is 16.1 Å². The summed E-state index contributed by atoms with van der Waals surface area (Å²) in [6, 6.07) is -0.744. The van der Waals surface area contributed by atoms with Crippen molar-refractivity contribution in [3.63, 3.8) is 0 Å². The van der Waals surface area contributed by atoms with Crippen LogP contribution in [0, 0.1) is 0 Å². The first-order chi connectivity index (χ1) is 9.19. The zero-order valence-corrected chi connectivity index (χ0v) is 11.7. The van der Waals surface area contributed by atoms with Crippen molar-refractivity contribution in [2.45, 2.75) is 38.8 Å². The normalized spacial score (nSPS) is 18.8. The number of urea groups is 1. The molecule has 0 radical (unpaired) electrons. The average Bonchev–Trinajstić information content (AvgIpc) is 2.87. The second-order valence-electron chi connectivity index (χ2n) is 4.39. The topological polar surface area (TPSA) is 83.1 Å². The van der Waals surface area contributed by atoms with Gasteiger partial charge < -0.3 is 16.0 Å². The van der Waals surface area contributed by atoms with Crippen LogP contribution in [0.4, 0.5) is 4.79 Å². The molecule has 3 N–H and O–H groups in total. The summed E-state index contributed by atoms with van der Waals surface area (Å²) in [4.78, 5) is 28.6. The third kappa shape index (κ3) is 3.92. The number of nitrogens with one attached hydrogen (secondary N) is 3. The van der Waals surface area contributed by atoms with Gasteiger partial charge in [0.25, 0.3) is 0 Å². The Balaban J connectivity index is 1.76. The number of carbonyl (C=O) groups is 2. The summed E-state index contributed by atoms with van der Waals surface area (Å²) in [5.74, 6) is -0.107. The number of rotatable bonds is 4. The van der Waals surface area contributed by atoms with E-state index in [1.807, 2.05) is 6.20 Å². The molecule has 104 valence electrons. The van der Waals surface area contributed by atoms with Gasteiger partial charge in [-0.1, -0.05) is 6.92 Å². The highest BCUT2D eigenvalue weighted by molar-refractivity contribution is 7.11. The molecule has 0 bridgehead atoms. The van der Waals surface area contributed by atoms with Crippen LogP contribution < -0.4 is 16.0 Å². The molecular formula is C12H18N4O2S. The second kappa shape index (κ2) is 6.51. The van der Waals surface area contributed by atoms with Crippen molar-refractivity contribution < 1.29 is 9.59 Å². The number of aryl methyl sites for hydroxylation is 1. The van der Waals surface area contributed by atoms with Crippen molar-refractivity contribution in [3.8, 4) is 0 Å². The Hall–Kier alpha value is -1.63. The highest BCUT2D eigenvalue weighted by atomic mass is 32.1. The summed E-state index contributed by atoms with van der Waals surface area (Å²) in [6.07, 6.45) is 4.36.